The summed E-state index contributed by atoms with van der Waals surface area (Å²) in [4.78, 5) is 14.2. The second-order valence-corrected chi connectivity index (χ2v) is 5.24. The number of allylic oxidation sites excluding steroid dienone is 1. The van der Waals surface area contributed by atoms with E-state index in [4.69, 9.17) is 11.5 Å². The highest BCUT2D eigenvalue weighted by Crippen LogP contribution is 2.51. The molecule has 1 aromatic rings. The van der Waals surface area contributed by atoms with E-state index in [1.807, 2.05) is 24.3 Å². The molecule has 19 heavy (non-hydrogen) atoms. The van der Waals surface area contributed by atoms with Crippen molar-refractivity contribution in [3.63, 3.8) is 0 Å². The molecular weight excluding hydrogens is 260 g/mol. The summed E-state index contributed by atoms with van der Waals surface area (Å²) in [7, 11) is 0. The Morgan fingerprint density at radius 1 is 1.42 bits per heavy atom. The monoisotopic (exact) mass is 270 g/mol. The Morgan fingerprint density at radius 2 is 2.16 bits per heavy atom. The van der Waals surface area contributed by atoms with E-state index in [0.29, 0.717) is 11.4 Å². The summed E-state index contributed by atoms with van der Waals surface area (Å²) >= 11 is 1.49. The molecule has 2 aliphatic heterocycles. The predicted molar refractivity (Wildman–Crippen MR) is 72.4 cm³/mol. The van der Waals surface area contributed by atoms with Gasteiger partial charge in [0, 0.05) is 11.3 Å². The maximum Gasteiger partial charge on any atom is 0.248 e. The normalized spacial score (nSPS) is 17.1. The third kappa shape index (κ3) is 1.59. The number of thioether (sulfide) groups is 1. The fourth-order valence-electron chi connectivity index (χ4n) is 2.20. The van der Waals surface area contributed by atoms with Crippen LogP contribution in [0.5, 0.6) is 0 Å². The second-order valence-electron chi connectivity index (χ2n) is 4.21. The van der Waals surface area contributed by atoms with E-state index in [0.717, 1.165) is 15.6 Å². The van der Waals surface area contributed by atoms with Gasteiger partial charge in [-0.2, -0.15) is 5.26 Å². The first-order valence-electron chi connectivity index (χ1n) is 5.62. The van der Waals surface area contributed by atoms with E-state index in [1.165, 1.54) is 11.8 Å². The van der Waals surface area contributed by atoms with Crippen LogP contribution < -0.4 is 16.4 Å². The van der Waals surface area contributed by atoms with Gasteiger partial charge in [-0.05, 0) is 12.1 Å². The van der Waals surface area contributed by atoms with Crippen LogP contribution in [-0.2, 0) is 4.79 Å². The van der Waals surface area contributed by atoms with Crippen molar-refractivity contribution in [1.82, 2.24) is 0 Å². The summed E-state index contributed by atoms with van der Waals surface area (Å²) in [6.45, 7) is 0. The molecular formula is C13H10N4OS. The topological polar surface area (TPSA) is 96.1 Å². The molecule has 0 bridgehead atoms. The number of anilines is 1. The molecule has 0 fully saturated rings. The number of rotatable bonds is 1. The maximum atomic E-state index is 11.4. The van der Waals surface area contributed by atoms with Gasteiger partial charge >= 0.3 is 0 Å². The average Bonchev–Trinajstić information content (AvgIpc) is 2.78. The van der Waals surface area contributed by atoms with Crippen LogP contribution in [0, 0.1) is 11.3 Å². The van der Waals surface area contributed by atoms with Gasteiger partial charge < -0.3 is 11.5 Å². The molecule has 0 spiro atoms. The minimum absolute atomic E-state index is 0.199. The Balaban J connectivity index is 2.23. The standard InChI is InChI=1S/C13H10N4OS/c14-6-7-5-8(12(16)18)11(15)17-9-3-1-2-4-10(9)19-13(7)17/h1-4H,5,15H2,(H2,16,18). The van der Waals surface area contributed by atoms with Crippen LogP contribution in [-0.4, -0.2) is 5.91 Å². The lowest BCUT2D eigenvalue weighted by Gasteiger charge is -2.27. The Kier molecular flexibility index (Phi) is 2.50. The van der Waals surface area contributed by atoms with E-state index >= 15 is 0 Å². The molecule has 0 radical (unpaired) electrons. The van der Waals surface area contributed by atoms with Crippen LogP contribution in [0.3, 0.4) is 0 Å². The van der Waals surface area contributed by atoms with Crippen LogP contribution in [0.4, 0.5) is 5.69 Å². The number of benzene rings is 1. The highest BCUT2D eigenvalue weighted by molar-refractivity contribution is 8.03. The van der Waals surface area contributed by atoms with Gasteiger partial charge in [0.2, 0.25) is 5.91 Å². The van der Waals surface area contributed by atoms with Crippen molar-refractivity contribution in [3.05, 3.63) is 46.3 Å². The van der Waals surface area contributed by atoms with Crippen molar-refractivity contribution < 1.29 is 4.79 Å². The molecule has 0 atom stereocenters. The summed E-state index contributed by atoms with van der Waals surface area (Å²) in [5.74, 6) is -0.266. The van der Waals surface area contributed by atoms with Crippen molar-refractivity contribution in [2.24, 2.45) is 11.5 Å². The van der Waals surface area contributed by atoms with Crippen molar-refractivity contribution in [3.8, 4) is 6.07 Å². The zero-order chi connectivity index (χ0) is 13.6. The van der Waals surface area contributed by atoms with E-state index in [-0.39, 0.29) is 12.0 Å². The molecule has 0 saturated carbocycles. The zero-order valence-electron chi connectivity index (χ0n) is 9.88. The average molecular weight is 270 g/mol. The number of primary amides is 1. The third-order valence-corrected chi connectivity index (χ3v) is 4.30. The van der Waals surface area contributed by atoms with Gasteiger partial charge in [0.05, 0.1) is 22.9 Å². The number of nitrogens with two attached hydrogens (primary N) is 2. The molecule has 0 aliphatic carbocycles. The van der Waals surface area contributed by atoms with E-state index in [9.17, 15) is 10.1 Å². The SMILES string of the molecule is N#CC1=C2Sc3ccccc3N2C(N)=C(C(N)=O)C1. The summed E-state index contributed by atoms with van der Waals surface area (Å²) < 4.78 is 0. The second kappa shape index (κ2) is 4.07. The predicted octanol–water partition coefficient (Wildman–Crippen LogP) is 1.39. The van der Waals surface area contributed by atoms with Crippen LogP contribution >= 0.6 is 11.8 Å². The quantitative estimate of drug-likeness (QED) is 0.804. The van der Waals surface area contributed by atoms with Crippen LogP contribution in [0.2, 0.25) is 0 Å². The lowest BCUT2D eigenvalue weighted by molar-refractivity contribution is -0.114. The largest absolute Gasteiger partial charge is 0.384 e. The van der Waals surface area contributed by atoms with Gasteiger partial charge in [-0.3, -0.25) is 9.69 Å². The molecule has 2 heterocycles. The molecule has 4 N–H and O–H groups in total. The number of hydrogen-bond acceptors (Lipinski definition) is 5. The van der Waals surface area contributed by atoms with Gasteiger partial charge in [-0.15, -0.1) is 0 Å². The van der Waals surface area contributed by atoms with Gasteiger partial charge in [0.1, 0.15) is 10.9 Å². The lowest BCUT2D eigenvalue weighted by Crippen LogP contribution is -2.33. The van der Waals surface area contributed by atoms with E-state index < -0.39 is 5.91 Å². The number of carbonyl (C=O) groups excluding carboxylic acids is 1. The Bertz CT molecular complexity index is 699. The molecule has 0 saturated heterocycles. The number of hydrogen-bond donors (Lipinski definition) is 2. The van der Waals surface area contributed by atoms with Crippen LogP contribution in [0.15, 0.2) is 51.2 Å². The minimum atomic E-state index is -0.585. The van der Waals surface area contributed by atoms with Gasteiger partial charge in [0.25, 0.3) is 0 Å². The van der Waals surface area contributed by atoms with Gasteiger partial charge in [0.15, 0.2) is 0 Å². The van der Waals surface area contributed by atoms with Crippen molar-refractivity contribution >= 4 is 23.4 Å². The molecule has 0 unspecified atom stereocenters. The molecule has 1 amide bonds. The highest BCUT2D eigenvalue weighted by atomic mass is 32.2. The molecule has 3 rings (SSSR count). The molecule has 94 valence electrons. The zero-order valence-corrected chi connectivity index (χ0v) is 10.7. The fraction of sp³-hybridized carbons (Fsp3) is 0.0769. The van der Waals surface area contributed by atoms with Gasteiger partial charge in [-0.1, -0.05) is 23.9 Å². The fourth-order valence-corrected chi connectivity index (χ4v) is 3.35. The first-order valence-corrected chi connectivity index (χ1v) is 6.44. The Morgan fingerprint density at radius 3 is 2.84 bits per heavy atom. The summed E-state index contributed by atoms with van der Waals surface area (Å²) in [5.41, 5.74) is 13.1. The Hall–Kier alpha value is -2.39. The van der Waals surface area contributed by atoms with Crippen LogP contribution in [0.25, 0.3) is 0 Å². The minimum Gasteiger partial charge on any atom is -0.384 e. The summed E-state index contributed by atoms with van der Waals surface area (Å²) in [5, 5.41) is 10.0. The van der Waals surface area contributed by atoms with E-state index in [1.54, 1.807) is 4.90 Å². The Labute approximate surface area is 114 Å². The molecule has 5 nitrogen and oxygen atoms in total. The van der Waals surface area contributed by atoms with Crippen molar-refractivity contribution in [1.29, 1.82) is 5.26 Å². The number of fused-ring (bicyclic) bond motifs is 3. The maximum absolute atomic E-state index is 11.4. The smallest absolute Gasteiger partial charge is 0.248 e. The molecule has 6 heteroatoms. The summed E-state index contributed by atoms with van der Waals surface area (Å²) in [6, 6.07) is 9.81. The first-order chi connectivity index (χ1) is 9.13. The number of carbonyl (C=O) groups is 1. The lowest BCUT2D eigenvalue weighted by atomic mass is 10.0. The number of para-hydroxylation sites is 1. The van der Waals surface area contributed by atoms with Crippen molar-refractivity contribution in [2.75, 3.05) is 4.90 Å². The molecule has 1 aromatic carbocycles. The number of amides is 1. The third-order valence-electron chi connectivity index (χ3n) is 3.11. The van der Waals surface area contributed by atoms with Crippen molar-refractivity contribution in [2.45, 2.75) is 11.3 Å². The number of nitrogens with zero attached hydrogens (tertiary/aromatic N) is 2. The van der Waals surface area contributed by atoms with E-state index in [2.05, 4.69) is 6.07 Å². The summed E-state index contributed by atoms with van der Waals surface area (Å²) in [6.07, 6.45) is 0.199. The molecule has 2 aliphatic rings. The highest BCUT2D eigenvalue weighted by Gasteiger charge is 2.35. The first kappa shape index (κ1) is 11.7. The van der Waals surface area contributed by atoms with Gasteiger partial charge in [-0.25, -0.2) is 0 Å². The number of nitriles is 1. The molecule has 0 aromatic heterocycles. The van der Waals surface area contributed by atoms with Crippen LogP contribution in [0.1, 0.15) is 6.42 Å².